The molecule has 0 bridgehead atoms. The summed E-state index contributed by atoms with van der Waals surface area (Å²) < 4.78 is 6.68. The molecule has 0 radical (unpaired) electrons. The number of carbonyl (C=O) groups excluding carboxylic acids is 1. The molecule has 23 heavy (non-hydrogen) atoms. The minimum absolute atomic E-state index is 0.303. The molecular weight excluding hydrogens is 358 g/mol. The zero-order valence-corrected chi connectivity index (χ0v) is 14.5. The fourth-order valence-corrected chi connectivity index (χ4v) is 2.36. The molecule has 0 aromatic heterocycles. The number of ether oxygens (including phenoxy) is 1. The number of benzene rings is 2. The number of hydrogen-bond acceptors (Lipinski definition) is 4. The lowest BCUT2D eigenvalue weighted by Crippen LogP contribution is -2.30. The highest BCUT2D eigenvalue weighted by molar-refractivity contribution is 9.10. The smallest absolute Gasteiger partial charge is 0.267 e. The van der Waals surface area contributed by atoms with Gasteiger partial charge in [-0.05, 0) is 49.7 Å². The predicted molar refractivity (Wildman–Crippen MR) is 95.6 cm³/mol. The Kier molecular flexibility index (Phi) is 6.43. The van der Waals surface area contributed by atoms with Gasteiger partial charge in [0.15, 0.2) is 0 Å². The second-order valence-electron chi connectivity index (χ2n) is 5.11. The Bertz CT molecular complexity index is 659. The van der Waals surface area contributed by atoms with E-state index in [-0.39, 0.29) is 5.91 Å². The van der Waals surface area contributed by atoms with Crippen molar-refractivity contribution < 1.29 is 9.53 Å². The van der Waals surface area contributed by atoms with Crippen molar-refractivity contribution in [3.63, 3.8) is 0 Å². The number of hydrazine groups is 1. The maximum atomic E-state index is 11.8. The number of hydrogen-bond donors (Lipinski definition) is 3. The van der Waals surface area contributed by atoms with Gasteiger partial charge < -0.3 is 10.1 Å². The van der Waals surface area contributed by atoms with Crippen LogP contribution in [0.15, 0.2) is 46.9 Å². The zero-order valence-electron chi connectivity index (χ0n) is 12.9. The molecule has 2 aromatic carbocycles. The summed E-state index contributed by atoms with van der Waals surface area (Å²) in [5.41, 5.74) is 4.48. The summed E-state index contributed by atoms with van der Waals surface area (Å²) in [6, 6.07) is 13.4. The van der Waals surface area contributed by atoms with E-state index in [4.69, 9.17) is 10.6 Å². The zero-order chi connectivity index (χ0) is 16.7. The molecule has 0 spiro atoms. The highest BCUT2D eigenvalue weighted by atomic mass is 79.9. The largest absolute Gasteiger partial charge is 0.494 e. The Hall–Kier alpha value is -2.05. The number of amides is 1. The van der Waals surface area contributed by atoms with Gasteiger partial charge in [-0.2, -0.15) is 0 Å². The van der Waals surface area contributed by atoms with Crippen molar-refractivity contribution in [1.82, 2.24) is 5.43 Å². The normalized spacial score (nSPS) is 10.2. The number of carbonyl (C=O) groups is 1. The summed E-state index contributed by atoms with van der Waals surface area (Å²) in [4.78, 5) is 11.8. The highest BCUT2D eigenvalue weighted by Gasteiger charge is 2.10. The highest BCUT2D eigenvalue weighted by Crippen LogP contribution is 2.18. The maximum absolute atomic E-state index is 11.8. The third-order valence-corrected chi connectivity index (χ3v) is 3.80. The van der Waals surface area contributed by atoms with Crippen molar-refractivity contribution in [2.24, 2.45) is 5.84 Å². The third-order valence-electron chi connectivity index (χ3n) is 3.27. The van der Waals surface area contributed by atoms with Gasteiger partial charge in [-0.15, -0.1) is 0 Å². The molecular formula is C17H20BrN3O2. The van der Waals surface area contributed by atoms with E-state index in [2.05, 4.69) is 26.7 Å². The number of nitrogen functional groups attached to an aromatic ring is 1. The van der Waals surface area contributed by atoms with E-state index in [0.717, 1.165) is 27.9 Å². The standard InChI is InChI=1S/C17H20BrN3O2/c1-12-3-8-16(15(11-12)17(22)21-19)20-9-2-10-23-14-6-4-13(18)5-7-14/h3-8,11,20H,2,9-10,19H2,1H3,(H,21,22). The van der Waals surface area contributed by atoms with Crippen LogP contribution in [0.1, 0.15) is 22.3 Å². The lowest BCUT2D eigenvalue weighted by molar-refractivity contribution is 0.0954. The molecule has 2 rings (SSSR count). The van der Waals surface area contributed by atoms with Crippen LogP contribution < -0.4 is 21.3 Å². The quantitative estimate of drug-likeness (QED) is 0.299. The first kappa shape index (κ1) is 17.3. The van der Waals surface area contributed by atoms with E-state index in [9.17, 15) is 4.79 Å². The van der Waals surface area contributed by atoms with Gasteiger partial charge in [-0.3, -0.25) is 10.2 Å². The molecule has 0 aliphatic rings. The Morgan fingerprint density at radius 1 is 1.22 bits per heavy atom. The second kappa shape index (κ2) is 8.55. The summed E-state index contributed by atoms with van der Waals surface area (Å²) in [6.07, 6.45) is 0.813. The van der Waals surface area contributed by atoms with Crippen LogP contribution in [0.3, 0.4) is 0 Å². The summed E-state index contributed by atoms with van der Waals surface area (Å²) >= 11 is 3.39. The summed E-state index contributed by atoms with van der Waals surface area (Å²) in [6.45, 7) is 3.23. The molecule has 122 valence electrons. The fraction of sp³-hybridized carbons (Fsp3) is 0.235. The molecule has 0 saturated heterocycles. The first-order valence-electron chi connectivity index (χ1n) is 7.34. The van der Waals surface area contributed by atoms with Gasteiger partial charge in [0, 0.05) is 16.7 Å². The van der Waals surface area contributed by atoms with Crippen molar-refractivity contribution >= 4 is 27.5 Å². The summed E-state index contributed by atoms with van der Waals surface area (Å²) in [5, 5.41) is 3.25. The van der Waals surface area contributed by atoms with Crippen LogP contribution in [-0.4, -0.2) is 19.1 Å². The molecule has 5 nitrogen and oxygen atoms in total. The van der Waals surface area contributed by atoms with E-state index in [0.29, 0.717) is 18.7 Å². The Balaban J connectivity index is 1.82. The topological polar surface area (TPSA) is 76.4 Å². The van der Waals surface area contributed by atoms with E-state index in [1.54, 1.807) is 0 Å². The monoisotopic (exact) mass is 377 g/mol. The van der Waals surface area contributed by atoms with E-state index in [1.807, 2.05) is 49.4 Å². The van der Waals surface area contributed by atoms with Crippen LogP contribution in [0, 0.1) is 6.92 Å². The summed E-state index contributed by atoms with van der Waals surface area (Å²) in [7, 11) is 0. The van der Waals surface area contributed by atoms with Crippen LogP contribution >= 0.6 is 15.9 Å². The average Bonchev–Trinajstić information content (AvgIpc) is 2.56. The Morgan fingerprint density at radius 3 is 2.65 bits per heavy atom. The van der Waals surface area contributed by atoms with Crippen molar-refractivity contribution in [2.75, 3.05) is 18.5 Å². The third kappa shape index (κ3) is 5.26. The molecule has 0 heterocycles. The molecule has 6 heteroatoms. The number of rotatable bonds is 7. The van der Waals surface area contributed by atoms with Crippen LogP contribution in [-0.2, 0) is 0 Å². The van der Waals surface area contributed by atoms with Crippen molar-refractivity contribution in [1.29, 1.82) is 0 Å². The predicted octanol–water partition coefficient (Wildman–Crippen LogP) is 3.24. The van der Waals surface area contributed by atoms with Crippen LogP contribution in [0.4, 0.5) is 5.69 Å². The average molecular weight is 378 g/mol. The molecule has 0 atom stereocenters. The number of aryl methyl sites for hydroxylation is 1. The number of halogens is 1. The van der Waals surface area contributed by atoms with Crippen molar-refractivity contribution in [3.8, 4) is 5.75 Å². The number of nitrogens with one attached hydrogen (secondary N) is 2. The van der Waals surface area contributed by atoms with Crippen LogP contribution in [0.2, 0.25) is 0 Å². The van der Waals surface area contributed by atoms with Gasteiger partial charge in [0.1, 0.15) is 5.75 Å². The van der Waals surface area contributed by atoms with Gasteiger partial charge >= 0.3 is 0 Å². The van der Waals surface area contributed by atoms with Gasteiger partial charge in [-0.1, -0.05) is 27.6 Å². The SMILES string of the molecule is Cc1ccc(NCCCOc2ccc(Br)cc2)c(C(=O)NN)c1. The van der Waals surface area contributed by atoms with Gasteiger partial charge in [0.25, 0.3) is 5.91 Å². The van der Waals surface area contributed by atoms with Crippen molar-refractivity contribution in [2.45, 2.75) is 13.3 Å². The molecule has 0 aliphatic heterocycles. The van der Waals surface area contributed by atoms with Gasteiger partial charge in [-0.25, -0.2) is 5.84 Å². The van der Waals surface area contributed by atoms with Crippen molar-refractivity contribution in [3.05, 3.63) is 58.1 Å². The first-order chi connectivity index (χ1) is 11.1. The molecule has 2 aromatic rings. The van der Waals surface area contributed by atoms with Crippen LogP contribution in [0.25, 0.3) is 0 Å². The van der Waals surface area contributed by atoms with E-state index in [1.165, 1.54) is 0 Å². The lowest BCUT2D eigenvalue weighted by Gasteiger charge is -2.12. The van der Waals surface area contributed by atoms with Crippen LogP contribution in [0.5, 0.6) is 5.75 Å². The molecule has 0 saturated carbocycles. The molecule has 1 amide bonds. The number of anilines is 1. The first-order valence-corrected chi connectivity index (χ1v) is 8.13. The Morgan fingerprint density at radius 2 is 1.96 bits per heavy atom. The van der Waals surface area contributed by atoms with Gasteiger partial charge in [0.2, 0.25) is 0 Å². The molecule has 0 fully saturated rings. The molecule has 0 unspecified atom stereocenters. The Labute approximate surface area is 144 Å². The number of nitrogens with two attached hydrogens (primary N) is 1. The van der Waals surface area contributed by atoms with Gasteiger partial charge in [0.05, 0.1) is 12.2 Å². The summed E-state index contributed by atoms with van der Waals surface area (Å²) in [5.74, 6) is 5.76. The lowest BCUT2D eigenvalue weighted by atomic mass is 10.1. The van der Waals surface area contributed by atoms with E-state index < -0.39 is 0 Å². The minimum Gasteiger partial charge on any atom is -0.494 e. The molecule has 0 aliphatic carbocycles. The minimum atomic E-state index is -0.303. The second-order valence-corrected chi connectivity index (χ2v) is 6.02. The van der Waals surface area contributed by atoms with E-state index >= 15 is 0 Å². The fourth-order valence-electron chi connectivity index (χ4n) is 2.09. The maximum Gasteiger partial charge on any atom is 0.267 e. The molecule has 4 N–H and O–H groups in total.